The number of hydrogen-bond donors (Lipinski definition) is 1. The molecule has 0 saturated heterocycles. The Kier molecular flexibility index (Phi) is 4.90. The Morgan fingerprint density at radius 3 is 2.43 bits per heavy atom. The zero-order chi connectivity index (χ0) is 10.4. The Hall–Kier alpha value is -0.0800. The van der Waals surface area contributed by atoms with E-state index in [-0.39, 0.29) is 11.5 Å². The van der Waals surface area contributed by atoms with Crippen LogP contribution in [0.25, 0.3) is 0 Å². The monoisotopic (exact) mass is 200 g/mol. The van der Waals surface area contributed by atoms with Crippen molar-refractivity contribution in [1.82, 2.24) is 0 Å². The van der Waals surface area contributed by atoms with E-state index in [1.54, 1.807) is 0 Å². The van der Waals surface area contributed by atoms with Crippen molar-refractivity contribution in [2.24, 2.45) is 5.41 Å². The molecule has 1 saturated carbocycles. The van der Waals surface area contributed by atoms with Crippen LogP contribution in [0.2, 0.25) is 0 Å². The zero-order valence-corrected chi connectivity index (χ0v) is 9.59. The second-order valence-electron chi connectivity index (χ2n) is 4.51. The van der Waals surface area contributed by atoms with Crippen LogP contribution in [0.5, 0.6) is 0 Å². The van der Waals surface area contributed by atoms with E-state index >= 15 is 0 Å². The average molecular weight is 200 g/mol. The summed E-state index contributed by atoms with van der Waals surface area (Å²) in [7, 11) is 0. The van der Waals surface area contributed by atoms with Crippen LogP contribution in [-0.4, -0.2) is 24.4 Å². The van der Waals surface area contributed by atoms with Gasteiger partial charge in [0.1, 0.15) is 0 Å². The maximum atomic E-state index is 10.1. The summed E-state index contributed by atoms with van der Waals surface area (Å²) < 4.78 is 5.43. The van der Waals surface area contributed by atoms with Gasteiger partial charge in [0.25, 0.3) is 0 Å². The molecule has 1 N–H and O–H groups in total. The molecule has 1 fully saturated rings. The molecular formula is C12H24O2. The lowest BCUT2D eigenvalue weighted by Gasteiger charge is -2.33. The largest absolute Gasteiger partial charge is 0.390 e. The van der Waals surface area contributed by atoms with Crippen molar-refractivity contribution in [3.05, 3.63) is 0 Å². The van der Waals surface area contributed by atoms with Gasteiger partial charge in [-0.05, 0) is 31.1 Å². The van der Waals surface area contributed by atoms with Crippen LogP contribution < -0.4 is 0 Å². The molecule has 2 heteroatoms. The fraction of sp³-hybridized carbons (Fsp3) is 1.00. The van der Waals surface area contributed by atoms with Crippen molar-refractivity contribution in [2.45, 2.75) is 58.5 Å². The molecule has 1 aliphatic rings. The summed E-state index contributed by atoms with van der Waals surface area (Å²) in [4.78, 5) is 0. The minimum atomic E-state index is -0.249. The fourth-order valence-corrected chi connectivity index (χ4v) is 2.52. The molecule has 0 aromatic heterocycles. The third kappa shape index (κ3) is 2.71. The number of aliphatic hydroxyl groups is 1. The Morgan fingerprint density at radius 1 is 1.29 bits per heavy atom. The first-order valence-electron chi connectivity index (χ1n) is 6.01. The van der Waals surface area contributed by atoms with Crippen molar-refractivity contribution >= 4 is 0 Å². The highest BCUT2D eigenvalue weighted by Crippen LogP contribution is 2.43. The van der Waals surface area contributed by atoms with Gasteiger partial charge in [-0.1, -0.05) is 26.7 Å². The molecule has 14 heavy (non-hydrogen) atoms. The van der Waals surface area contributed by atoms with E-state index in [1.165, 1.54) is 25.7 Å². The SMILES string of the molecule is CCCOCC(O)C1(CC)CCCC1. The van der Waals surface area contributed by atoms with E-state index in [9.17, 15) is 5.11 Å². The van der Waals surface area contributed by atoms with Crippen LogP contribution in [0, 0.1) is 5.41 Å². The summed E-state index contributed by atoms with van der Waals surface area (Å²) in [6, 6.07) is 0. The summed E-state index contributed by atoms with van der Waals surface area (Å²) in [5, 5.41) is 10.1. The number of aliphatic hydroxyl groups excluding tert-OH is 1. The van der Waals surface area contributed by atoms with Crippen molar-refractivity contribution in [1.29, 1.82) is 0 Å². The van der Waals surface area contributed by atoms with Gasteiger partial charge in [-0.25, -0.2) is 0 Å². The predicted octanol–water partition coefficient (Wildman–Crippen LogP) is 2.74. The van der Waals surface area contributed by atoms with E-state index < -0.39 is 0 Å². The second-order valence-corrected chi connectivity index (χ2v) is 4.51. The van der Waals surface area contributed by atoms with Crippen LogP contribution in [-0.2, 0) is 4.74 Å². The van der Waals surface area contributed by atoms with Crippen LogP contribution in [0.4, 0.5) is 0 Å². The summed E-state index contributed by atoms with van der Waals surface area (Å²) >= 11 is 0. The number of rotatable bonds is 6. The van der Waals surface area contributed by atoms with E-state index in [0.29, 0.717) is 6.61 Å². The highest BCUT2D eigenvalue weighted by molar-refractivity contribution is 4.89. The minimum absolute atomic E-state index is 0.174. The first-order chi connectivity index (χ1) is 6.75. The summed E-state index contributed by atoms with van der Waals surface area (Å²) in [5.41, 5.74) is 0.174. The molecule has 2 nitrogen and oxygen atoms in total. The van der Waals surface area contributed by atoms with Gasteiger partial charge in [-0.3, -0.25) is 0 Å². The van der Waals surface area contributed by atoms with E-state index in [0.717, 1.165) is 19.4 Å². The Balaban J connectivity index is 2.35. The molecule has 0 amide bonds. The fourth-order valence-electron chi connectivity index (χ4n) is 2.52. The number of ether oxygens (including phenoxy) is 1. The third-order valence-corrected chi connectivity index (χ3v) is 3.63. The van der Waals surface area contributed by atoms with E-state index in [4.69, 9.17) is 4.74 Å². The summed E-state index contributed by atoms with van der Waals surface area (Å²) in [6.45, 7) is 5.59. The minimum Gasteiger partial charge on any atom is -0.390 e. The van der Waals surface area contributed by atoms with Crippen LogP contribution >= 0.6 is 0 Å². The van der Waals surface area contributed by atoms with Crippen molar-refractivity contribution in [2.75, 3.05) is 13.2 Å². The van der Waals surface area contributed by atoms with Crippen molar-refractivity contribution in [3.63, 3.8) is 0 Å². The van der Waals surface area contributed by atoms with Gasteiger partial charge in [-0.15, -0.1) is 0 Å². The molecule has 1 rings (SSSR count). The quantitative estimate of drug-likeness (QED) is 0.668. The zero-order valence-electron chi connectivity index (χ0n) is 9.59. The Morgan fingerprint density at radius 2 is 1.93 bits per heavy atom. The normalized spacial score (nSPS) is 22.5. The van der Waals surface area contributed by atoms with Gasteiger partial charge >= 0.3 is 0 Å². The second kappa shape index (κ2) is 5.72. The average Bonchev–Trinajstić information content (AvgIpc) is 2.67. The molecule has 1 aliphatic carbocycles. The molecule has 84 valence electrons. The standard InChI is InChI=1S/C12H24O2/c1-3-9-14-10-11(13)12(4-2)7-5-6-8-12/h11,13H,3-10H2,1-2H3. The van der Waals surface area contributed by atoms with Gasteiger partial charge in [0.05, 0.1) is 12.7 Å². The maximum Gasteiger partial charge on any atom is 0.0829 e. The van der Waals surface area contributed by atoms with Crippen LogP contribution in [0.15, 0.2) is 0 Å². The highest BCUT2D eigenvalue weighted by atomic mass is 16.5. The lowest BCUT2D eigenvalue weighted by atomic mass is 9.78. The van der Waals surface area contributed by atoms with E-state index in [2.05, 4.69) is 13.8 Å². The third-order valence-electron chi connectivity index (χ3n) is 3.63. The summed E-state index contributed by atoms with van der Waals surface area (Å²) in [5.74, 6) is 0. The molecule has 0 aromatic carbocycles. The highest BCUT2D eigenvalue weighted by Gasteiger charge is 2.38. The Bertz CT molecular complexity index is 150. The van der Waals surface area contributed by atoms with Crippen LogP contribution in [0.1, 0.15) is 52.4 Å². The topological polar surface area (TPSA) is 29.5 Å². The van der Waals surface area contributed by atoms with Crippen molar-refractivity contribution in [3.8, 4) is 0 Å². The Labute approximate surface area is 87.7 Å². The molecule has 0 heterocycles. The van der Waals surface area contributed by atoms with Crippen molar-refractivity contribution < 1.29 is 9.84 Å². The lowest BCUT2D eigenvalue weighted by Crippen LogP contribution is -2.35. The molecule has 0 bridgehead atoms. The van der Waals surface area contributed by atoms with Gasteiger partial charge < -0.3 is 9.84 Å². The molecule has 0 aliphatic heterocycles. The predicted molar refractivity (Wildman–Crippen MR) is 58.3 cm³/mol. The summed E-state index contributed by atoms with van der Waals surface area (Å²) in [6.07, 6.45) is 6.79. The molecule has 0 radical (unpaired) electrons. The molecule has 1 atom stereocenters. The molecule has 0 spiro atoms. The van der Waals surface area contributed by atoms with Gasteiger partial charge in [0, 0.05) is 6.61 Å². The molecular weight excluding hydrogens is 176 g/mol. The maximum absolute atomic E-state index is 10.1. The van der Waals surface area contributed by atoms with Gasteiger partial charge in [-0.2, -0.15) is 0 Å². The van der Waals surface area contributed by atoms with Gasteiger partial charge in [0.15, 0.2) is 0 Å². The first kappa shape index (κ1) is 12.0. The van der Waals surface area contributed by atoms with Gasteiger partial charge in [0.2, 0.25) is 0 Å². The lowest BCUT2D eigenvalue weighted by molar-refractivity contribution is -0.0418. The van der Waals surface area contributed by atoms with Crippen LogP contribution in [0.3, 0.4) is 0 Å². The molecule has 1 unspecified atom stereocenters. The molecule has 0 aromatic rings. The smallest absolute Gasteiger partial charge is 0.0829 e. The number of hydrogen-bond acceptors (Lipinski definition) is 2. The first-order valence-corrected chi connectivity index (χ1v) is 6.01. The van der Waals surface area contributed by atoms with E-state index in [1.807, 2.05) is 0 Å².